The van der Waals surface area contributed by atoms with E-state index >= 15 is 0 Å². The highest BCUT2D eigenvalue weighted by Gasteiger charge is 2.07. The predicted octanol–water partition coefficient (Wildman–Crippen LogP) is 2.38. The van der Waals surface area contributed by atoms with Crippen molar-refractivity contribution in [2.75, 3.05) is 5.73 Å². The van der Waals surface area contributed by atoms with E-state index in [1.54, 1.807) is 30.5 Å². The summed E-state index contributed by atoms with van der Waals surface area (Å²) in [5.74, 6) is -0.348. The highest BCUT2D eigenvalue weighted by Crippen LogP contribution is 2.20. The fourth-order valence-corrected chi connectivity index (χ4v) is 1.92. The van der Waals surface area contributed by atoms with E-state index in [1.165, 1.54) is 10.6 Å². The number of hydrogen-bond acceptors (Lipinski definition) is 2. The summed E-state index contributed by atoms with van der Waals surface area (Å²) in [5.41, 5.74) is 6.12. The van der Waals surface area contributed by atoms with Crippen LogP contribution in [0.2, 0.25) is 0 Å². The van der Waals surface area contributed by atoms with Crippen LogP contribution in [-0.2, 0) is 6.54 Å². The van der Waals surface area contributed by atoms with E-state index < -0.39 is 0 Å². The molecule has 2 aromatic rings. The first-order valence-corrected chi connectivity index (χ1v) is 5.76. The molecule has 1 aromatic carbocycles. The van der Waals surface area contributed by atoms with Gasteiger partial charge in [-0.15, -0.1) is 0 Å². The normalized spacial score (nSPS) is 10.5. The Kier molecular flexibility index (Phi) is 3.28. The van der Waals surface area contributed by atoms with Crippen molar-refractivity contribution < 1.29 is 4.39 Å². The van der Waals surface area contributed by atoms with Gasteiger partial charge in [0.15, 0.2) is 0 Å². The number of aromatic nitrogens is 1. The van der Waals surface area contributed by atoms with Crippen LogP contribution in [0.15, 0.2) is 45.8 Å². The van der Waals surface area contributed by atoms with Gasteiger partial charge in [0.2, 0.25) is 0 Å². The SMILES string of the molecule is Nc1cccn(Cc2cccc(F)c2Br)c1=O. The Morgan fingerprint density at radius 1 is 1.29 bits per heavy atom. The van der Waals surface area contributed by atoms with Crippen molar-refractivity contribution in [2.45, 2.75) is 6.54 Å². The summed E-state index contributed by atoms with van der Waals surface area (Å²) in [6.45, 7) is 0.280. The van der Waals surface area contributed by atoms with Crippen molar-refractivity contribution in [2.24, 2.45) is 0 Å². The van der Waals surface area contributed by atoms with Crippen molar-refractivity contribution in [3.05, 3.63) is 62.7 Å². The van der Waals surface area contributed by atoms with E-state index in [0.717, 1.165) is 0 Å². The van der Waals surface area contributed by atoms with E-state index in [2.05, 4.69) is 15.9 Å². The zero-order chi connectivity index (χ0) is 12.4. The van der Waals surface area contributed by atoms with Crippen molar-refractivity contribution in [3.63, 3.8) is 0 Å². The molecule has 0 spiro atoms. The Morgan fingerprint density at radius 2 is 2.06 bits per heavy atom. The molecular formula is C12H10BrFN2O. The number of nitrogens with two attached hydrogens (primary N) is 1. The Hall–Kier alpha value is -1.62. The van der Waals surface area contributed by atoms with Gasteiger partial charge in [-0.2, -0.15) is 0 Å². The minimum Gasteiger partial charge on any atom is -0.394 e. The molecule has 88 valence electrons. The quantitative estimate of drug-likeness (QED) is 0.925. The van der Waals surface area contributed by atoms with Crippen LogP contribution in [0.1, 0.15) is 5.56 Å². The largest absolute Gasteiger partial charge is 0.394 e. The van der Waals surface area contributed by atoms with Crippen LogP contribution in [0.4, 0.5) is 10.1 Å². The van der Waals surface area contributed by atoms with Gasteiger partial charge in [-0.25, -0.2) is 4.39 Å². The molecule has 0 unspecified atom stereocenters. The number of hydrogen-bond donors (Lipinski definition) is 1. The Bertz CT molecular complexity index is 610. The predicted molar refractivity (Wildman–Crippen MR) is 68.3 cm³/mol. The third kappa shape index (κ3) is 2.39. The second-order valence-electron chi connectivity index (χ2n) is 3.61. The van der Waals surface area contributed by atoms with Crippen LogP contribution in [0.3, 0.4) is 0 Å². The van der Waals surface area contributed by atoms with Crippen LogP contribution in [0.25, 0.3) is 0 Å². The van der Waals surface area contributed by atoms with Crippen molar-refractivity contribution in [3.8, 4) is 0 Å². The van der Waals surface area contributed by atoms with Gasteiger partial charge >= 0.3 is 0 Å². The fraction of sp³-hybridized carbons (Fsp3) is 0.0833. The lowest BCUT2D eigenvalue weighted by Gasteiger charge is -2.08. The summed E-state index contributed by atoms with van der Waals surface area (Å²) in [4.78, 5) is 11.7. The van der Waals surface area contributed by atoms with Crippen LogP contribution in [0, 0.1) is 5.82 Å². The van der Waals surface area contributed by atoms with Crippen molar-refractivity contribution in [1.82, 2.24) is 4.57 Å². The molecule has 17 heavy (non-hydrogen) atoms. The van der Waals surface area contributed by atoms with Crippen LogP contribution < -0.4 is 11.3 Å². The summed E-state index contributed by atoms with van der Waals surface area (Å²) in [5, 5.41) is 0. The molecule has 0 aliphatic carbocycles. The van der Waals surface area contributed by atoms with E-state index in [-0.39, 0.29) is 23.6 Å². The molecular weight excluding hydrogens is 287 g/mol. The lowest BCUT2D eigenvalue weighted by atomic mass is 10.2. The molecule has 0 amide bonds. The van der Waals surface area contributed by atoms with Crippen LogP contribution in [0.5, 0.6) is 0 Å². The molecule has 2 N–H and O–H groups in total. The third-order valence-electron chi connectivity index (χ3n) is 2.42. The summed E-state index contributed by atoms with van der Waals surface area (Å²) in [6.07, 6.45) is 1.62. The van der Waals surface area contributed by atoms with Crippen LogP contribution in [-0.4, -0.2) is 4.57 Å². The van der Waals surface area contributed by atoms with E-state index in [9.17, 15) is 9.18 Å². The summed E-state index contributed by atoms with van der Waals surface area (Å²) in [6, 6.07) is 7.94. The molecule has 0 atom stereocenters. The number of nitrogen functional groups attached to an aromatic ring is 1. The lowest BCUT2D eigenvalue weighted by Crippen LogP contribution is -2.22. The second-order valence-corrected chi connectivity index (χ2v) is 4.40. The van der Waals surface area contributed by atoms with Gasteiger partial charge in [-0.05, 0) is 39.7 Å². The van der Waals surface area contributed by atoms with Crippen molar-refractivity contribution >= 4 is 21.6 Å². The van der Waals surface area contributed by atoms with Gasteiger partial charge in [-0.3, -0.25) is 4.79 Å². The number of halogens is 2. The Morgan fingerprint density at radius 3 is 2.82 bits per heavy atom. The number of pyridine rings is 1. The maximum Gasteiger partial charge on any atom is 0.273 e. The van der Waals surface area contributed by atoms with E-state index in [1.807, 2.05) is 0 Å². The smallest absolute Gasteiger partial charge is 0.273 e. The average Bonchev–Trinajstić information content (AvgIpc) is 2.31. The topological polar surface area (TPSA) is 48.0 Å². The minimum atomic E-state index is -0.348. The Labute approximate surface area is 106 Å². The van der Waals surface area contributed by atoms with Gasteiger partial charge < -0.3 is 10.3 Å². The summed E-state index contributed by atoms with van der Waals surface area (Å²) in [7, 11) is 0. The lowest BCUT2D eigenvalue weighted by molar-refractivity contribution is 0.615. The molecule has 0 bridgehead atoms. The molecule has 3 nitrogen and oxygen atoms in total. The zero-order valence-electron chi connectivity index (χ0n) is 8.86. The first-order chi connectivity index (χ1) is 8.09. The molecule has 0 saturated carbocycles. The molecule has 2 rings (SSSR count). The monoisotopic (exact) mass is 296 g/mol. The first kappa shape index (κ1) is 11.9. The highest BCUT2D eigenvalue weighted by molar-refractivity contribution is 9.10. The van der Waals surface area contributed by atoms with Gasteiger partial charge in [0, 0.05) is 6.20 Å². The van der Waals surface area contributed by atoms with E-state index in [0.29, 0.717) is 10.0 Å². The van der Waals surface area contributed by atoms with Gasteiger partial charge in [0.1, 0.15) is 5.82 Å². The maximum atomic E-state index is 13.3. The molecule has 0 saturated heterocycles. The molecule has 0 fully saturated rings. The van der Waals surface area contributed by atoms with Gasteiger partial charge in [-0.1, -0.05) is 12.1 Å². The maximum absolute atomic E-state index is 13.3. The average molecular weight is 297 g/mol. The number of benzene rings is 1. The van der Waals surface area contributed by atoms with Crippen LogP contribution >= 0.6 is 15.9 Å². The fourth-order valence-electron chi connectivity index (χ4n) is 1.53. The summed E-state index contributed by atoms with van der Waals surface area (Å²) < 4.78 is 15.1. The molecule has 0 aliphatic heterocycles. The summed E-state index contributed by atoms with van der Waals surface area (Å²) >= 11 is 3.16. The Balaban J connectivity index is 2.42. The zero-order valence-corrected chi connectivity index (χ0v) is 10.4. The standard InChI is InChI=1S/C12H10BrFN2O/c13-11-8(3-1-4-9(11)14)7-16-6-2-5-10(15)12(16)17/h1-6H,7,15H2. The van der Waals surface area contributed by atoms with Crippen molar-refractivity contribution in [1.29, 1.82) is 0 Å². The van der Waals surface area contributed by atoms with Gasteiger partial charge in [0.05, 0.1) is 16.7 Å². The molecule has 1 aromatic heterocycles. The molecule has 0 radical (unpaired) electrons. The third-order valence-corrected chi connectivity index (χ3v) is 3.31. The minimum absolute atomic E-state index is 0.181. The van der Waals surface area contributed by atoms with E-state index in [4.69, 9.17) is 5.73 Å². The highest BCUT2D eigenvalue weighted by atomic mass is 79.9. The van der Waals surface area contributed by atoms with Gasteiger partial charge in [0.25, 0.3) is 5.56 Å². The molecule has 5 heteroatoms. The number of anilines is 1. The second kappa shape index (κ2) is 4.71. The number of rotatable bonds is 2. The molecule has 0 aliphatic rings. The first-order valence-electron chi connectivity index (χ1n) is 4.97. The molecule has 1 heterocycles. The number of nitrogens with zero attached hydrogens (tertiary/aromatic N) is 1.